The van der Waals surface area contributed by atoms with E-state index in [2.05, 4.69) is 0 Å². The smallest absolute Gasteiger partial charge is 0.207 e. The third-order valence-corrected chi connectivity index (χ3v) is 5.28. The molecule has 0 aliphatic heterocycles. The topological polar surface area (TPSA) is 0 Å². The van der Waals surface area contributed by atoms with Gasteiger partial charge in [-0.25, -0.2) is 8.78 Å². The van der Waals surface area contributed by atoms with Crippen molar-refractivity contribution in [3.8, 4) is 0 Å². The fraction of sp³-hybridized carbons (Fsp3) is 0.143. The van der Waals surface area contributed by atoms with Crippen molar-refractivity contribution in [3.63, 3.8) is 0 Å². The maximum absolute atomic E-state index is 13.4. The summed E-state index contributed by atoms with van der Waals surface area (Å²) in [5, 5.41) is 0.326. The molecule has 1 atom stereocenters. The molecular weight excluding hydrogens is 330 g/mol. The lowest BCUT2D eigenvalue weighted by Crippen LogP contribution is -2.14. The molecule has 112 valence electrons. The molecule has 21 heavy (non-hydrogen) atoms. The molecule has 0 radical (unpaired) electrons. The molecule has 2 aromatic carbocycles. The molecule has 0 N–H and O–H groups in total. The highest BCUT2D eigenvalue weighted by molar-refractivity contribution is 7.95. The molecule has 2 rings (SSSR count). The zero-order chi connectivity index (χ0) is 15.8. The van der Waals surface area contributed by atoms with Crippen molar-refractivity contribution in [1.29, 1.82) is 0 Å². The van der Waals surface area contributed by atoms with Gasteiger partial charge in [0.25, 0.3) is 0 Å². The quantitative estimate of drug-likeness (QED) is 0.541. The van der Waals surface area contributed by atoms with E-state index in [9.17, 15) is 22.0 Å². The zero-order valence-electron chi connectivity index (χ0n) is 10.7. The molecule has 7 heteroatoms. The van der Waals surface area contributed by atoms with E-state index in [4.69, 9.17) is 11.2 Å². The van der Waals surface area contributed by atoms with E-state index in [1.54, 1.807) is 13.0 Å². The van der Waals surface area contributed by atoms with E-state index in [1.807, 2.05) is 0 Å². The van der Waals surface area contributed by atoms with E-state index < -0.39 is 30.6 Å². The lowest BCUT2D eigenvalue weighted by Gasteiger charge is -2.14. The van der Waals surface area contributed by atoms with Crippen LogP contribution in [-0.2, 0) is 6.18 Å². The van der Waals surface area contributed by atoms with Crippen LogP contribution < -0.4 is 10.6 Å². The third kappa shape index (κ3) is 3.92. The Kier molecular flexibility index (Phi) is 4.54. The van der Waals surface area contributed by atoms with Crippen molar-refractivity contribution in [2.24, 2.45) is 0 Å². The maximum atomic E-state index is 13.4. The summed E-state index contributed by atoms with van der Waals surface area (Å²) < 4.78 is 64.8. The molecule has 0 nitrogen and oxygen atoms in total. The lowest BCUT2D eigenvalue weighted by atomic mass is 10.2. The number of halogens is 6. The highest BCUT2D eigenvalue weighted by Gasteiger charge is 2.32. The maximum Gasteiger partial charge on any atom is 0.416 e. The van der Waals surface area contributed by atoms with Crippen molar-refractivity contribution in [2.75, 3.05) is 0 Å². The van der Waals surface area contributed by atoms with E-state index in [0.29, 0.717) is 16.9 Å². The van der Waals surface area contributed by atoms with Crippen LogP contribution in [0.2, 0.25) is 0 Å². The Balaban J connectivity index is 2.48. The third-order valence-electron chi connectivity index (χ3n) is 2.69. The van der Waals surface area contributed by atoms with Crippen LogP contribution in [0, 0.1) is 18.6 Å². The van der Waals surface area contributed by atoms with Gasteiger partial charge in [-0.15, -0.1) is 0 Å². The second-order valence-electron chi connectivity index (χ2n) is 4.46. The Morgan fingerprint density at radius 3 is 1.90 bits per heavy atom. The molecule has 0 bridgehead atoms. The first-order chi connectivity index (χ1) is 9.66. The lowest BCUT2D eigenvalue weighted by molar-refractivity contribution is -0.137. The second-order valence-corrected chi connectivity index (χ2v) is 7.07. The fourth-order valence-corrected chi connectivity index (χ4v) is 3.76. The summed E-state index contributed by atoms with van der Waals surface area (Å²) in [6.45, 7) is 1.64. The largest absolute Gasteiger partial charge is 0.416 e. The van der Waals surface area contributed by atoms with Crippen molar-refractivity contribution >= 4 is 29.1 Å². The minimum absolute atomic E-state index is 0.0102. The van der Waals surface area contributed by atoms with Crippen LogP contribution in [-0.4, -0.2) is 0 Å². The van der Waals surface area contributed by atoms with Gasteiger partial charge in [-0.05, 0) is 59.5 Å². The predicted octanol–water partition coefficient (Wildman–Crippen LogP) is 4.88. The van der Waals surface area contributed by atoms with Gasteiger partial charge in [-0.1, -0.05) is 11.2 Å². The Bertz CT molecular complexity index is 649. The Morgan fingerprint density at radius 2 is 1.38 bits per heavy atom. The van der Waals surface area contributed by atoms with Gasteiger partial charge in [0, 0.05) is 0 Å². The highest BCUT2D eigenvalue weighted by atomic mass is 35.7. The van der Waals surface area contributed by atoms with Gasteiger partial charge in [-0.3, -0.25) is 0 Å². The summed E-state index contributed by atoms with van der Waals surface area (Å²) in [5.41, 5.74) is -0.524. The van der Waals surface area contributed by atoms with Gasteiger partial charge in [0.2, 0.25) is 0 Å². The van der Waals surface area contributed by atoms with Crippen molar-refractivity contribution in [3.05, 3.63) is 59.2 Å². The first kappa shape index (κ1) is 16.2. The summed E-state index contributed by atoms with van der Waals surface area (Å²) in [6, 6.07) is 6.12. The van der Waals surface area contributed by atoms with E-state index in [1.165, 1.54) is 6.07 Å². The molecule has 0 amide bonds. The van der Waals surface area contributed by atoms with Crippen molar-refractivity contribution in [1.82, 2.24) is 0 Å². The number of rotatable bonds is 2. The summed E-state index contributed by atoms with van der Waals surface area (Å²) in [5.74, 6) is -1.56. The van der Waals surface area contributed by atoms with Crippen LogP contribution in [0.25, 0.3) is 0 Å². The zero-order valence-corrected chi connectivity index (χ0v) is 12.3. The van der Waals surface area contributed by atoms with Gasteiger partial charge >= 0.3 is 6.18 Å². The minimum atomic E-state index is -4.66. The van der Waals surface area contributed by atoms with Crippen LogP contribution in [0.4, 0.5) is 22.0 Å². The summed E-state index contributed by atoms with van der Waals surface area (Å²) in [7, 11) is -1.79. The molecule has 0 saturated heterocycles. The van der Waals surface area contributed by atoms with Gasteiger partial charge in [-0.2, -0.15) is 13.2 Å². The fourth-order valence-electron chi connectivity index (χ4n) is 1.83. The number of benzene rings is 2. The molecule has 0 saturated carbocycles. The van der Waals surface area contributed by atoms with Gasteiger partial charge in [0.15, 0.2) is 0 Å². The average molecular weight is 339 g/mol. The summed E-state index contributed by atoms with van der Waals surface area (Å²) in [6.07, 6.45) is -4.66. The molecule has 0 aromatic heterocycles. The SMILES string of the molecule is Cc1cc(F)cc(P(Cl)c2cc(F)cc(C(F)(F)F)c2)c1. The predicted molar refractivity (Wildman–Crippen MR) is 74.6 cm³/mol. The number of hydrogen-bond acceptors (Lipinski definition) is 0. The summed E-state index contributed by atoms with van der Waals surface area (Å²) in [4.78, 5) is 0. The Morgan fingerprint density at radius 1 is 0.857 bits per heavy atom. The first-order valence-electron chi connectivity index (χ1n) is 5.78. The standard InChI is InChI=1S/C14H9ClF5P/c1-8-2-10(16)6-12(3-8)21(15)13-5-9(14(18,19)20)4-11(17)7-13/h2-7H,1H3. The molecule has 0 aliphatic carbocycles. The molecular formula is C14H9ClF5P. The summed E-state index contributed by atoms with van der Waals surface area (Å²) >= 11 is 6.13. The van der Waals surface area contributed by atoms with E-state index >= 15 is 0 Å². The van der Waals surface area contributed by atoms with Gasteiger partial charge < -0.3 is 0 Å². The van der Waals surface area contributed by atoms with Crippen LogP contribution >= 0.6 is 18.5 Å². The molecule has 0 aliphatic rings. The minimum Gasteiger partial charge on any atom is -0.207 e. The monoisotopic (exact) mass is 338 g/mol. The number of alkyl halides is 3. The molecule has 2 aromatic rings. The number of hydrogen-bond donors (Lipinski definition) is 0. The van der Waals surface area contributed by atoms with Crippen LogP contribution in [0.5, 0.6) is 0 Å². The molecule has 0 heterocycles. The average Bonchev–Trinajstić information content (AvgIpc) is 2.35. The Hall–Kier alpha value is -1.19. The molecule has 0 spiro atoms. The first-order valence-corrected chi connectivity index (χ1v) is 8.02. The van der Waals surface area contributed by atoms with Crippen molar-refractivity contribution < 1.29 is 22.0 Å². The van der Waals surface area contributed by atoms with Crippen molar-refractivity contribution in [2.45, 2.75) is 13.1 Å². The normalized spacial score (nSPS) is 13.3. The van der Waals surface area contributed by atoms with Crippen LogP contribution in [0.1, 0.15) is 11.1 Å². The molecule has 0 fully saturated rings. The second kappa shape index (κ2) is 5.90. The van der Waals surface area contributed by atoms with Gasteiger partial charge in [0.05, 0.1) is 12.8 Å². The highest BCUT2D eigenvalue weighted by Crippen LogP contribution is 2.41. The molecule has 1 unspecified atom stereocenters. The van der Waals surface area contributed by atoms with Gasteiger partial charge in [0.1, 0.15) is 11.6 Å². The Labute approximate surface area is 124 Å². The van der Waals surface area contributed by atoms with Crippen LogP contribution in [0.3, 0.4) is 0 Å². The van der Waals surface area contributed by atoms with E-state index in [-0.39, 0.29) is 5.30 Å². The van der Waals surface area contributed by atoms with Crippen LogP contribution in [0.15, 0.2) is 36.4 Å². The van der Waals surface area contributed by atoms with E-state index in [0.717, 1.165) is 18.2 Å². The number of aryl methyl sites for hydroxylation is 1.